The summed E-state index contributed by atoms with van der Waals surface area (Å²) in [5, 5.41) is 16.8. The number of pyridine rings is 1. The second-order valence-electron chi connectivity index (χ2n) is 5.24. The number of aliphatic hydroxyl groups is 1. The lowest BCUT2D eigenvalue weighted by Gasteiger charge is -2.26. The molecule has 20 heavy (non-hydrogen) atoms. The van der Waals surface area contributed by atoms with Crippen LogP contribution in [0.1, 0.15) is 43.0 Å². The Balaban J connectivity index is 2.40. The molecule has 0 amide bonds. The Morgan fingerprint density at radius 1 is 1.45 bits per heavy atom. The molecule has 110 valence electrons. The zero-order valence-electron chi connectivity index (χ0n) is 12.2. The molecular formula is C15H24N4O. The number of hydrogen-bond donors (Lipinski definition) is 3. The van der Waals surface area contributed by atoms with Gasteiger partial charge in [-0.3, -0.25) is 5.41 Å². The van der Waals surface area contributed by atoms with Crippen molar-refractivity contribution in [3.63, 3.8) is 0 Å². The summed E-state index contributed by atoms with van der Waals surface area (Å²) in [4.78, 5) is 6.88. The number of nitrogen functional groups attached to an aromatic ring is 1. The highest BCUT2D eigenvalue weighted by Crippen LogP contribution is 2.26. The minimum absolute atomic E-state index is 0.0725. The number of rotatable bonds is 6. The fourth-order valence-corrected chi connectivity index (χ4v) is 2.74. The molecule has 0 fully saturated rings. The fourth-order valence-electron chi connectivity index (χ4n) is 2.74. The van der Waals surface area contributed by atoms with Crippen LogP contribution in [0.3, 0.4) is 0 Å². The third-order valence-corrected chi connectivity index (χ3v) is 3.84. The average Bonchev–Trinajstić information content (AvgIpc) is 2.47. The van der Waals surface area contributed by atoms with Gasteiger partial charge in [0.2, 0.25) is 0 Å². The van der Waals surface area contributed by atoms with Crippen LogP contribution in [0.4, 0.5) is 5.82 Å². The lowest BCUT2D eigenvalue weighted by molar-refractivity contribution is 0.289. The van der Waals surface area contributed by atoms with Crippen LogP contribution in [0.5, 0.6) is 0 Å². The van der Waals surface area contributed by atoms with Crippen LogP contribution in [0, 0.1) is 5.41 Å². The smallest absolute Gasteiger partial charge is 0.139 e. The molecule has 0 saturated carbocycles. The summed E-state index contributed by atoms with van der Waals surface area (Å²) in [6.45, 7) is 3.75. The summed E-state index contributed by atoms with van der Waals surface area (Å²) >= 11 is 0. The maximum absolute atomic E-state index is 9.01. The van der Waals surface area contributed by atoms with Crippen molar-refractivity contribution in [2.75, 3.05) is 24.6 Å². The van der Waals surface area contributed by atoms with Crippen molar-refractivity contribution in [2.45, 2.75) is 39.0 Å². The van der Waals surface area contributed by atoms with Crippen molar-refractivity contribution in [1.29, 1.82) is 5.41 Å². The van der Waals surface area contributed by atoms with E-state index in [1.807, 2.05) is 6.07 Å². The predicted molar refractivity (Wildman–Crippen MR) is 81.5 cm³/mol. The number of anilines is 1. The van der Waals surface area contributed by atoms with E-state index >= 15 is 0 Å². The Morgan fingerprint density at radius 2 is 2.20 bits per heavy atom. The van der Waals surface area contributed by atoms with Crippen molar-refractivity contribution in [1.82, 2.24) is 4.98 Å². The van der Waals surface area contributed by atoms with Gasteiger partial charge in [0.15, 0.2) is 0 Å². The number of fused-ring (bicyclic) bond motifs is 1. The van der Waals surface area contributed by atoms with Gasteiger partial charge in [-0.1, -0.05) is 0 Å². The highest BCUT2D eigenvalue weighted by Gasteiger charge is 2.19. The van der Waals surface area contributed by atoms with Crippen molar-refractivity contribution in [3.8, 4) is 0 Å². The van der Waals surface area contributed by atoms with Gasteiger partial charge in [0, 0.05) is 25.4 Å². The monoisotopic (exact) mass is 276 g/mol. The number of aryl methyl sites for hydroxylation is 2. The molecule has 0 unspecified atom stereocenters. The van der Waals surface area contributed by atoms with Gasteiger partial charge in [0.25, 0.3) is 0 Å². The number of amidine groups is 1. The first-order valence-corrected chi connectivity index (χ1v) is 7.40. The Morgan fingerprint density at radius 3 is 2.85 bits per heavy atom. The molecule has 0 aliphatic heterocycles. The lowest BCUT2D eigenvalue weighted by atomic mass is 9.94. The molecular weight excluding hydrogens is 252 g/mol. The van der Waals surface area contributed by atoms with E-state index in [4.69, 9.17) is 21.2 Å². The third-order valence-electron chi connectivity index (χ3n) is 3.84. The highest BCUT2D eigenvalue weighted by atomic mass is 16.3. The fraction of sp³-hybridized carbons (Fsp3) is 0.600. The van der Waals surface area contributed by atoms with Gasteiger partial charge >= 0.3 is 0 Å². The molecule has 2 rings (SSSR count). The average molecular weight is 276 g/mol. The number of nitrogens with one attached hydrogen (secondary N) is 1. The minimum Gasteiger partial charge on any atom is -0.396 e. The van der Waals surface area contributed by atoms with E-state index in [1.165, 1.54) is 18.4 Å². The van der Waals surface area contributed by atoms with Gasteiger partial charge in [-0.25, -0.2) is 4.98 Å². The number of nitrogens with zero attached hydrogens (tertiary/aromatic N) is 2. The molecule has 0 aromatic carbocycles. The molecule has 1 aliphatic carbocycles. The Hall–Kier alpha value is -1.62. The molecule has 0 spiro atoms. The largest absolute Gasteiger partial charge is 0.396 e. The second kappa shape index (κ2) is 6.70. The molecule has 0 bridgehead atoms. The van der Waals surface area contributed by atoms with E-state index < -0.39 is 0 Å². The zero-order valence-corrected chi connectivity index (χ0v) is 12.2. The zero-order chi connectivity index (χ0) is 14.5. The number of nitrogens with two attached hydrogens (primary N) is 1. The normalized spacial score (nSPS) is 13.9. The van der Waals surface area contributed by atoms with Crippen molar-refractivity contribution >= 4 is 11.7 Å². The molecule has 1 aromatic rings. The first-order chi connectivity index (χ1) is 9.67. The molecule has 0 radical (unpaired) electrons. The van der Waals surface area contributed by atoms with Crippen molar-refractivity contribution < 1.29 is 5.11 Å². The first-order valence-electron chi connectivity index (χ1n) is 7.40. The summed E-state index contributed by atoms with van der Waals surface area (Å²) in [5.74, 6) is 0.873. The van der Waals surface area contributed by atoms with Gasteiger partial charge in [-0.2, -0.15) is 0 Å². The summed E-state index contributed by atoms with van der Waals surface area (Å²) < 4.78 is 0. The molecule has 5 nitrogen and oxygen atoms in total. The minimum atomic E-state index is 0.0725. The predicted octanol–water partition coefficient (Wildman–Crippen LogP) is 1.45. The highest BCUT2D eigenvalue weighted by molar-refractivity contribution is 5.99. The van der Waals surface area contributed by atoms with E-state index in [1.54, 1.807) is 0 Å². The number of aromatic nitrogens is 1. The van der Waals surface area contributed by atoms with Gasteiger partial charge < -0.3 is 15.7 Å². The van der Waals surface area contributed by atoms with E-state index in [-0.39, 0.29) is 12.4 Å². The summed E-state index contributed by atoms with van der Waals surface area (Å²) in [5.41, 5.74) is 8.85. The third kappa shape index (κ3) is 3.10. The molecule has 4 N–H and O–H groups in total. The molecule has 0 atom stereocenters. The van der Waals surface area contributed by atoms with Crippen molar-refractivity contribution in [2.24, 2.45) is 5.73 Å². The topological polar surface area (TPSA) is 86.2 Å². The number of aliphatic hydroxyl groups excluding tert-OH is 1. The van der Waals surface area contributed by atoms with Crippen LogP contribution >= 0.6 is 0 Å². The summed E-state index contributed by atoms with van der Waals surface area (Å²) in [6, 6.07) is 2.04. The van der Waals surface area contributed by atoms with Gasteiger partial charge in [-0.05, 0) is 50.7 Å². The maximum atomic E-state index is 9.01. The Bertz CT molecular complexity index is 487. The van der Waals surface area contributed by atoms with Gasteiger partial charge in [-0.15, -0.1) is 0 Å². The van der Waals surface area contributed by atoms with Crippen LogP contribution in [0.15, 0.2) is 6.07 Å². The molecule has 1 aliphatic rings. The van der Waals surface area contributed by atoms with Crippen LogP contribution in [0.25, 0.3) is 0 Å². The summed E-state index contributed by atoms with van der Waals surface area (Å²) in [6.07, 6.45) is 5.11. The van der Waals surface area contributed by atoms with E-state index in [9.17, 15) is 0 Å². The Kier molecular flexibility index (Phi) is 4.95. The Labute approximate surface area is 120 Å². The maximum Gasteiger partial charge on any atom is 0.139 e. The SMILES string of the molecule is CCN(CCCO)c1nc2c(cc1C(=N)N)CCCC2. The van der Waals surface area contributed by atoms with E-state index in [2.05, 4.69) is 11.8 Å². The first kappa shape index (κ1) is 14.8. The van der Waals surface area contributed by atoms with E-state index in [0.29, 0.717) is 6.42 Å². The standard InChI is InChI=1S/C15H24N4O/c1-2-19(8-5-9-20)15-12(14(16)17)10-11-6-3-4-7-13(11)18-15/h10,20H,2-9H2,1H3,(H3,16,17). The molecule has 1 aromatic heterocycles. The van der Waals surface area contributed by atoms with Crippen LogP contribution in [0.2, 0.25) is 0 Å². The second-order valence-corrected chi connectivity index (χ2v) is 5.24. The van der Waals surface area contributed by atoms with Crippen LogP contribution in [-0.2, 0) is 12.8 Å². The van der Waals surface area contributed by atoms with E-state index in [0.717, 1.165) is 43.0 Å². The van der Waals surface area contributed by atoms with Gasteiger partial charge in [0.05, 0.1) is 5.56 Å². The number of hydrogen-bond acceptors (Lipinski definition) is 4. The molecule has 1 heterocycles. The summed E-state index contributed by atoms with van der Waals surface area (Å²) in [7, 11) is 0. The molecule has 5 heteroatoms. The lowest BCUT2D eigenvalue weighted by Crippen LogP contribution is -2.30. The van der Waals surface area contributed by atoms with Crippen LogP contribution < -0.4 is 10.6 Å². The van der Waals surface area contributed by atoms with Crippen LogP contribution in [-0.4, -0.2) is 35.6 Å². The van der Waals surface area contributed by atoms with Gasteiger partial charge in [0.1, 0.15) is 11.7 Å². The quantitative estimate of drug-likeness (QED) is 0.542. The van der Waals surface area contributed by atoms with Crippen molar-refractivity contribution in [3.05, 3.63) is 22.9 Å². The molecule has 0 saturated heterocycles.